The van der Waals surface area contributed by atoms with E-state index < -0.39 is 0 Å². The zero-order valence-corrected chi connectivity index (χ0v) is 11.0. The van der Waals surface area contributed by atoms with Crippen LogP contribution >= 0.6 is 0 Å². The third-order valence-corrected chi connectivity index (χ3v) is 3.84. The molecule has 1 aromatic heterocycles. The highest BCUT2D eigenvalue weighted by atomic mass is 14.8. The number of hydrogen-bond acceptors (Lipinski definition) is 2. The molecule has 2 heterocycles. The minimum absolute atomic E-state index is 0.0806. The Bertz CT molecular complexity index is 805. The molecule has 0 fully saturated rings. The second kappa shape index (κ2) is 4.57. The van der Waals surface area contributed by atoms with E-state index in [1.54, 1.807) is 0 Å². The number of benzene rings is 2. The van der Waals surface area contributed by atoms with E-state index in [2.05, 4.69) is 46.4 Å². The highest BCUT2D eigenvalue weighted by molar-refractivity contribution is 5.79. The minimum Gasteiger partial charge on any atom is -0.284 e. The number of pyridine rings is 1. The minimum atomic E-state index is 0.0806. The standard InChI is InChI=1S/C18H14N2/c1-3-7-16-13(5-1)9-10-19-18(16)15-11-14-6-2-4-8-17(14)20-12-15/h1-8,10-12,18H,9H2. The molecule has 0 saturated heterocycles. The maximum absolute atomic E-state index is 4.68. The Morgan fingerprint density at radius 1 is 0.950 bits per heavy atom. The van der Waals surface area contributed by atoms with Crippen LogP contribution in [0.3, 0.4) is 0 Å². The van der Waals surface area contributed by atoms with Gasteiger partial charge < -0.3 is 0 Å². The van der Waals surface area contributed by atoms with Crippen LogP contribution in [0.1, 0.15) is 22.7 Å². The predicted octanol–water partition coefficient (Wildman–Crippen LogP) is 3.95. The van der Waals surface area contributed by atoms with Gasteiger partial charge in [0, 0.05) is 24.2 Å². The Labute approximate surface area is 117 Å². The van der Waals surface area contributed by atoms with E-state index in [1.165, 1.54) is 16.5 Å². The monoisotopic (exact) mass is 258 g/mol. The van der Waals surface area contributed by atoms with Crippen molar-refractivity contribution in [1.29, 1.82) is 0 Å². The van der Waals surface area contributed by atoms with Gasteiger partial charge >= 0.3 is 0 Å². The van der Waals surface area contributed by atoms with Gasteiger partial charge in [0.15, 0.2) is 0 Å². The van der Waals surface area contributed by atoms with Gasteiger partial charge in [0.25, 0.3) is 0 Å². The summed E-state index contributed by atoms with van der Waals surface area (Å²) in [5.74, 6) is 0. The van der Waals surface area contributed by atoms with Gasteiger partial charge in [-0.05, 0) is 28.8 Å². The van der Waals surface area contributed by atoms with Gasteiger partial charge in [-0.1, -0.05) is 42.5 Å². The molecule has 1 atom stereocenters. The van der Waals surface area contributed by atoms with Crippen LogP contribution in [0.4, 0.5) is 0 Å². The molecule has 2 aromatic carbocycles. The molecule has 4 rings (SSSR count). The molecule has 1 unspecified atom stereocenters. The molecular formula is C18H14N2. The highest BCUT2D eigenvalue weighted by Crippen LogP contribution is 2.32. The van der Waals surface area contributed by atoms with Crippen LogP contribution in [0, 0.1) is 0 Å². The molecule has 0 bridgehead atoms. The number of aliphatic imine (C=N–C) groups is 1. The van der Waals surface area contributed by atoms with Crippen molar-refractivity contribution in [2.24, 2.45) is 4.99 Å². The van der Waals surface area contributed by atoms with Crippen LogP contribution in [0.15, 0.2) is 65.8 Å². The largest absolute Gasteiger partial charge is 0.284 e. The van der Waals surface area contributed by atoms with Crippen molar-refractivity contribution in [2.45, 2.75) is 12.5 Å². The topological polar surface area (TPSA) is 25.2 Å². The fourth-order valence-electron chi connectivity index (χ4n) is 2.83. The summed E-state index contributed by atoms with van der Waals surface area (Å²) in [6, 6.07) is 19.0. The molecule has 0 spiro atoms. The van der Waals surface area contributed by atoms with Crippen molar-refractivity contribution >= 4 is 17.1 Å². The molecular weight excluding hydrogens is 244 g/mol. The number of rotatable bonds is 1. The SMILES string of the molecule is C1=NC(c2cnc3ccccc3c2)c2ccccc2C1. The fourth-order valence-corrected chi connectivity index (χ4v) is 2.83. The van der Waals surface area contributed by atoms with E-state index in [0.29, 0.717) is 0 Å². The van der Waals surface area contributed by atoms with E-state index in [1.807, 2.05) is 30.6 Å². The first-order valence-electron chi connectivity index (χ1n) is 6.86. The fraction of sp³-hybridized carbons (Fsp3) is 0.111. The van der Waals surface area contributed by atoms with Crippen molar-refractivity contribution < 1.29 is 0 Å². The van der Waals surface area contributed by atoms with Gasteiger partial charge in [-0.2, -0.15) is 0 Å². The second-order valence-electron chi connectivity index (χ2n) is 5.10. The van der Waals surface area contributed by atoms with Crippen LogP contribution in [0.2, 0.25) is 0 Å². The lowest BCUT2D eigenvalue weighted by Crippen LogP contribution is -2.08. The molecule has 0 amide bonds. The Morgan fingerprint density at radius 3 is 2.80 bits per heavy atom. The van der Waals surface area contributed by atoms with Gasteiger partial charge in [-0.25, -0.2) is 0 Å². The maximum Gasteiger partial charge on any atom is 0.101 e. The molecule has 96 valence electrons. The van der Waals surface area contributed by atoms with Gasteiger partial charge in [0.05, 0.1) is 5.52 Å². The van der Waals surface area contributed by atoms with Crippen LogP contribution in [-0.2, 0) is 6.42 Å². The molecule has 2 heteroatoms. The molecule has 0 N–H and O–H groups in total. The molecule has 3 aromatic rings. The zero-order chi connectivity index (χ0) is 13.4. The normalized spacial score (nSPS) is 17.1. The van der Waals surface area contributed by atoms with Gasteiger partial charge in [-0.3, -0.25) is 9.98 Å². The van der Waals surface area contributed by atoms with Crippen molar-refractivity contribution in [2.75, 3.05) is 0 Å². The number of nitrogens with zero attached hydrogens (tertiary/aromatic N) is 2. The van der Waals surface area contributed by atoms with Crippen molar-refractivity contribution in [3.05, 3.63) is 77.5 Å². The second-order valence-corrected chi connectivity index (χ2v) is 5.10. The summed E-state index contributed by atoms with van der Waals surface area (Å²) in [6.07, 6.45) is 4.89. The summed E-state index contributed by atoms with van der Waals surface area (Å²) >= 11 is 0. The number of fused-ring (bicyclic) bond motifs is 2. The van der Waals surface area contributed by atoms with Crippen LogP contribution in [-0.4, -0.2) is 11.2 Å². The Morgan fingerprint density at radius 2 is 1.80 bits per heavy atom. The van der Waals surface area contributed by atoms with E-state index in [0.717, 1.165) is 17.5 Å². The molecule has 1 aliphatic heterocycles. The smallest absolute Gasteiger partial charge is 0.101 e. The van der Waals surface area contributed by atoms with Gasteiger partial charge in [0.2, 0.25) is 0 Å². The predicted molar refractivity (Wildman–Crippen MR) is 82.2 cm³/mol. The van der Waals surface area contributed by atoms with E-state index in [4.69, 9.17) is 0 Å². The highest BCUT2D eigenvalue weighted by Gasteiger charge is 2.19. The molecule has 0 aliphatic carbocycles. The van der Waals surface area contributed by atoms with Crippen LogP contribution in [0.5, 0.6) is 0 Å². The first kappa shape index (κ1) is 11.4. The third kappa shape index (κ3) is 1.81. The summed E-state index contributed by atoms with van der Waals surface area (Å²) in [7, 11) is 0. The summed E-state index contributed by atoms with van der Waals surface area (Å²) in [4.78, 5) is 9.24. The lowest BCUT2D eigenvalue weighted by molar-refractivity contribution is 0.839. The van der Waals surface area contributed by atoms with E-state index in [9.17, 15) is 0 Å². The number of para-hydroxylation sites is 1. The molecule has 0 saturated carbocycles. The van der Waals surface area contributed by atoms with Gasteiger partial charge in [-0.15, -0.1) is 0 Å². The molecule has 0 radical (unpaired) electrons. The summed E-state index contributed by atoms with van der Waals surface area (Å²) in [5.41, 5.74) is 4.85. The number of aromatic nitrogens is 1. The van der Waals surface area contributed by atoms with Crippen LogP contribution < -0.4 is 0 Å². The quantitative estimate of drug-likeness (QED) is 0.648. The average Bonchev–Trinajstić information content (AvgIpc) is 2.54. The molecule has 20 heavy (non-hydrogen) atoms. The Hall–Kier alpha value is -2.48. The maximum atomic E-state index is 4.68. The van der Waals surface area contributed by atoms with Crippen molar-refractivity contribution in [3.63, 3.8) is 0 Å². The lowest BCUT2D eigenvalue weighted by Gasteiger charge is -2.20. The van der Waals surface area contributed by atoms with Crippen molar-refractivity contribution in [3.8, 4) is 0 Å². The van der Waals surface area contributed by atoms with Gasteiger partial charge in [0.1, 0.15) is 6.04 Å². The van der Waals surface area contributed by atoms with E-state index >= 15 is 0 Å². The van der Waals surface area contributed by atoms with Crippen molar-refractivity contribution in [1.82, 2.24) is 4.98 Å². The summed E-state index contributed by atoms with van der Waals surface area (Å²) in [5, 5.41) is 1.17. The lowest BCUT2D eigenvalue weighted by atomic mass is 9.92. The third-order valence-electron chi connectivity index (χ3n) is 3.84. The summed E-state index contributed by atoms with van der Waals surface area (Å²) < 4.78 is 0. The Kier molecular flexibility index (Phi) is 2.59. The number of hydrogen-bond donors (Lipinski definition) is 0. The first-order valence-corrected chi connectivity index (χ1v) is 6.86. The first-order chi connectivity index (χ1) is 9.92. The Balaban J connectivity index is 1.86. The average molecular weight is 258 g/mol. The summed E-state index contributed by atoms with van der Waals surface area (Å²) in [6.45, 7) is 0. The molecule has 1 aliphatic rings. The van der Waals surface area contributed by atoms with Crippen LogP contribution in [0.25, 0.3) is 10.9 Å². The van der Waals surface area contributed by atoms with E-state index in [-0.39, 0.29) is 6.04 Å². The zero-order valence-electron chi connectivity index (χ0n) is 11.0. The molecule has 2 nitrogen and oxygen atoms in total.